The highest BCUT2D eigenvalue weighted by molar-refractivity contribution is 9.10. The van der Waals surface area contributed by atoms with Crippen LogP contribution in [-0.2, 0) is 0 Å². The van der Waals surface area contributed by atoms with E-state index in [0.29, 0.717) is 17.1 Å². The molecule has 0 aliphatic rings. The van der Waals surface area contributed by atoms with Crippen molar-refractivity contribution in [1.29, 1.82) is 0 Å². The number of halogens is 1. The molecule has 0 spiro atoms. The molecule has 1 unspecified atom stereocenters. The number of ether oxygens (including phenoxy) is 2. The van der Waals surface area contributed by atoms with Crippen molar-refractivity contribution in [3.8, 4) is 11.5 Å². The molecule has 0 saturated heterocycles. The fourth-order valence-electron chi connectivity index (χ4n) is 1.91. The SMILES string of the molecule is COc1ccc(C(O)c2ccccc2Br)c(OC)c1. The quantitative estimate of drug-likeness (QED) is 0.935. The maximum Gasteiger partial charge on any atom is 0.128 e. The summed E-state index contributed by atoms with van der Waals surface area (Å²) in [4.78, 5) is 0. The monoisotopic (exact) mass is 322 g/mol. The molecule has 0 saturated carbocycles. The summed E-state index contributed by atoms with van der Waals surface area (Å²) in [7, 11) is 3.17. The Labute approximate surface area is 120 Å². The van der Waals surface area contributed by atoms with Crippen LogP contribution < -0.4 is 9.47 Å². The molecule has 0 aliphatic heterocycles. The molecule has 0 aromatic heterocycles. The predicted molar refractivity (Wildman–Crippen MR) is 77.7 cm³/mol. The van der Waals surface area contributed by atoms with Gasteiger partial charge in [-0.15, -0.1) is 0 Å². The maximum absolute atomic E-state index is 10.5. The Balaban J connectivity index is 2.44. The van der Waals surface area contributed by atoms with E-state index in [1.165, 1.54) is 0 Å². The summed E-state index contributed by atoms with van der Waals surface area (Å²) in [5, 5.41) is 10.5. The Morgan fingerprint density at radius 3 is 2.37 bits per heavy atom. The second kappa shape index (κ2) is 6.08. The minimum Gasteiger partial charge on any atom is -0.497 e. The van der Waals surface area contributed by atoms with E-state index in [4.69, 9.17) is 9.47 Å². The number of methoxy groups -OCH3 is 2. The van der Waals surface area contributed by atoms with Crippen molar-refractivity contribution in [3.05, 3.63) is 58.1 Å². The third kappa shape index (κ3) is 2.91. The maximum atomic E-state index is 10.5. The summed E-state index contributed by atoms with van der Waals surface area (Å²) in [5.74, 6) is 1.29. The lowest BCUT2D eigenvalue weighted by atomic mass is 10.0. The van der Waals surface area contributed by atoms with E-state index < -0.39 is 6.10 Å². The molecule has 2 aromatic carbocycles. The van der Waals surface area contributed by atoms with Gasteiger partial charge < -0.3 is 14.6 Å². The fraction of sp³-hybridized carbons (Fsp3) is 0.200. The van der Waals surface area contributed by atoms with Crippen molar-refractivity contribution < 1.29 is 14.6 Å². The molecule has 2 rings (SSSR count). The van der Waals surface area contributed by atoms with Crippen LogP contribution in [0.1, 0.15) is 17.2 Å². The molecule has 2 aromatic rings. The molecule has 1 atom stereocenters. The van der Waals surface area contributed by atoms with Gasteiger partial charge in [-0.3, -0.25) is 0 Å². The van der Waals surface area contributed by atoms with Crippen molar-refractivity contribution in [2.75, 3.05) is 14.2 Å². The molecule has 0 radical (unpaired) electrons. The average molecular weight is 323 g/mol. The summed E-state index contributed by atoms with van der Waals surface area (Å²) < 4.78 is 11.3. The molecule has 0 bridgehead atoms. The fourth-order valence-corrected chi connectivity index (χ4v) is 2.41. The van der Waals surface area contributed by atoms with Gasteiger partial charge in [0.05, 0.1) is 14.2 Å². The van der Waals surface area contributed by atoms with Gasteiger partial charge in [-0.1, -0.05) is 34.1 Å². The topological polar surface area (TPSA) is 38.7 Å². The molecule has 3 nitrogen and oxygen atoms in total. The van der Waals surface area contributed by atoms with E-state index in [-0.39, 0.29) is 0 Å². The van der Waals surface area contributed by atoms with Crippen molar-refractivity contribution >= 4 is 15.9 Å². The Morgan fingerprint density at radius 2 is 1.74 bits per heavy atom. The van der Waals surface area contributed by atoms with Crippen molar-refractivity contribution in [2.24, 2.45) is 0 Å². The number of hydrogen-bond acceptors (Lipinski definition) is 3. The number of aliphatic hydroxyl groups is 1. The summed E-state index contributed by atoms with van der Waals surface area (Å²) in [6.07, 6.45) is -0.753. The third-order valence-electron chi connectivity index (χ3n) is 2.94. The first-order chi connectivity index (χ1) is 9.17. The van der Waals surface area contributed by atoms with E-state index in [2.05, 4.69) is 15.9 Å². The first-order valence-corrected chi connectivity index (χ1v) is 6.61. The molecule has 0 amide bonds. The number of hydrogen-bond donors (Lipinski definition) is 1. The summed E-state index contributed by atoms with van der Waals surface area (Å²) >= 11 is 3.44. The Morgan fingerprint density at radius 1 is 1.00 bits per heavy atom. The van der Waals surface area contributed by atoms with Gasteiger partial charge in [0.1, 0.15) is 17.6 Å². The predicted octanol–water partition coefficient (Wildman–Crippen LogP) is 3.55. The van der Waals surface area contributed by atoms with Crippen LogP contribution >= 0.6 is 15.9 Å². The average Bonchev–Trinajstić information content (AvgIpc) is 2.46. The van der Waals surface area contributed by atoms with Crippen molar-refractivity contribution in [2.45, 2.75) is 6.10 Å². The second-order valence-electron chi connectivity index (χ2n) is 4.03. The van der Waals surface area contributed by atoms with Gasteiger partial charge in [-0.2, -0.15) is 0 Å². The molecule has 4 heteroatoms. The van der Waals surface area contributed by atoms with Gasteiger partial charge in [0.25, 0.3) is 0 Å². The van der Waals surface area contributed by atoms with E-state index >= 15 is 0 Å². The zero-order valence-electron chi connectivity index (χ0n) is 10.8. The van der Waals surface area contributed by atoms with E-state index in [0.717, 1.165) is 10.0 Å². The molecule has 0 aliphatic carbocycles. The van der Waals surface area contributed by atoms with Gasteiger partial charge in [-0.25, -0.2) is 0 Å². The standard InChI is InChI=1S/C15H15BrO3/c1-18-10-7-8-12(14(9-10)19-2)15(17)11-5-3-4-6-13(11)16/h3-9,15,17H,1-2H3. The smallest absolute Gasteiger partial charge is 0.128 e. The van der Waals surface area contributed by atoms with Crippen molar-refractivity contribution in [3.63, 3.8) is 0 Å². The summed E-state index contributed by atoms with van der Waals surface area (Å²) in [6.45, 7) is 0. The minimum absolute atomic E-state index is 0.600. The van der Waals surface area contributed by atoms with Gasteiger partial charge in [0.2, 0.25) is 0 Å². The highest BCUT2D eigenvalue weighted by atomic mass is 79.9. The van der Waals surface area contributed by atoms with Gasteiger partial charge >= 0.3 is 0 Å². The highest BCUT2D eigenvalue weighted by Crippen LogP contribution is 2.35. The van der Waals surface area contributed by atoms with Crippen LogP contribution in [0.2, 0.25) is 0 Å². The third-order valence-corrected chi connectivity index (χ3v) is 3.66. The van der Waals surface area contributed by atoms with Crippen LogP contribution in [0.3, 0.4) is 0 Å². The first-order valence-electron chi connectivity index (χ1n) is 5.81. The Bertz CT molecular complexity index is 569. The number of rotatable bonds is 4. The largest absolute Gasteiger partial charge is 0.497 e. The molecular formula is C15H15BrO3. The van der Waals surface area contributed by atoms with Crippen LogP contribution in [0, 0.1) is 0 Å². The number of benzene rings is 2. The molecule has 0 heterocycles. The van der Waals surface area contributed by atoms with Crippen LogP contribution in [0.4, 0.5) is 0 Å². The first kappa shape index (κ1) is 13.9. The Kier molecular flexibility index (Phi) is 4.45. The molecule has 0 fully saturated rings. The van der Waals surface area contributed by atoms with Gasteiger partial charge in [-0.05, 0) is 23.8 Å². The molecule has 19 heavy (non-hydrogen) atoms. The van der Waals surface area contributed by atoms with Crippen LogP contribution in [0.15, 0.2) is 46.9 Å². The Hall–Kier alpha value is -1.52. The highest BCUT2D eigenvalue weighted by Gasteiger charge is 2.18. The van der Waals surface area contributed by atoms with E-state index in [1.54, 1.807) is 26.4 Å². The zero-order valence-corrected chi connectivity index (χ0v) is 12.3. The number of aliphatic hydroxyl groups excluding tert-OH is 1. The molecule has 1 N–H and O–H groups in total. The summed E-state index contributed by atoms with van der Waals surface area (Å²) in [6, 6.07) is 12.9. The van der Waals surface area contributed by atoms with Crippen LogP contribution in [-0.4, -0.2) is 19.3 Å². The van der Waals surface area contributed by atoms with Gasteiger partial charge in [0, 0.05) is 16.1 Å². The lowest BCUT2D eigenvalue weighted by molar-refractivity contribution is 0.213. The van der Waals surface area contributed by atoms with E-state index in [1.807, 2.05) is 30.3 Å². The molecular weight excluding hydrogens is 308 g/mol. The van der Waals surface area contributed by atoms with Crippen LogP contribution in [0.5, 0.6) is 11.5 Å². The molecule has 100 valence electrons. The minimum atomic E-state index is -0.753. The summed E-state index contributed by atoms with van der Waals surface area (Å²) in [5.41, 5.74) is 1.50. The normalized spacial score (nSPS) is 12.0. The lowest BCUT2D eigenvalue weighted by Gasteiger charge is -2.17. The zero-order chi connectivity index (χ0) is 13.8. The van der Waals surface area contributed by atoms with Gasteiger partial charge in [0.15, 0.2) is 0 Å². The van der Waals surface area contributed by atoms with E-state index in [9.17, 15) is 5.11 Å². The van der Waals surface area contributed by atoms with Crippen molar-refractivity contribution in [1.82, 2.24) is 0 Å². The van der Waals surface area contributed by atoms with Crippen LogP contribution in [0.25, 0.3) is 0 Å². The second-order valence-corrected chi connectivity index (χ2v) is 4.89. The lowest BCUT2D eigenvalue weighted by Crippen LogP contribution is -2.03.